The Morgan fingerprint density at radius 2 is 1.58 bits per heavy atom. The standard InChI is InChI=1S/C44H35ClN4O5S/c1-22-30-19-23(45)13-18-35(30)55-39(22)33-21-36(47(3)46-33)49-41(52)32-20-31-28(14-15-29-37(31)42(53)48(40(29)51)24-9-5-4-6-10-24)38(44(32,2)43(49)54)27-16-17-34(50)26-12-8-7-11-25(26)27/h4-14,16-19,21,29,31-32,37-38,50H,15,20H2,1-3H3/t29-,31+,32-,37-,38-,44+/m0/s1. The van der Waals surface area contributed by atoms with E-state index in [1.807, 2.05) is 68.4 Å². The topological polar surface area (TPSA) is 113 Å². The molecule has 55 heavy (non-hydrogen) atoms. The largest absolute Gasteiger partial charge is 0.507 e. The molecule has 2 aliphatic heterocycles. The average Bonchev–Trinajstić information content (AvgIpc) is 3.86. The molecule has 0 radical (unpaired) electrons. The summed E-state index contributed by atoms with van der Waals surface area (Å²) in [5, 5.41) is 18.8. The molecule has 11 heteroatoms. The van der Waals surface area contributed by atoms with Crippen LogP contribution in [0.1, 0.15) is 36.8 Å². The van der Waals surface area contributed by atoms with E-state index in [-0.39, 0.29) is 35.8 Å². The smallest absolute Gasteiger partial charge is 0.242 e. The minimum absolute atomic E-state index is 0.109. The lowest BCUT2D eigenvalue weighted by atomic mass is 9.51. The predicted octanol–water partition coefficient (Wildman–Crippen LogP) is 8.56. The van der Waals surface area contributed by atoms with Gasteiger partial charge >= 0.3 is 0 Å². The van der Waals surface area contributed by atoms with Crippen LogP contribution in [0.25, 0.3) is 31.4 Å². The van der Waals surface area contributed by atoms with Crippen LogP contribution in [0.5, 0.6) is 5.75 Å². The number of allylic oxidation sites excluding steroid dienone is 2. The Hall–Kier alpha value is -5.58. The molecular weight excluding hydrogens is 732 g/mol. The molecule has 9 nitrogen and oxygen atoms in total. The molecule has 0 unspecified atom stereocenters. The van der Waals surface area contributed by atoms with E-state index < -0.39 is 35.0 Å². The fraction of sp³-hybridized carbons (Fsp3) is 0.250. The first-order valence-electron chi connectivity index (χ1n) is 18.4. The van der Waals surface area contributed by atoms with Gasteiger partial charge in [-0.05, 0) is 90.9 Å². The molecule has 10 rings (SSSR count). The minimum Gasteiger partial charge on any atom is -0.507 e. The third kappa shape index (κ3) is 4.61. The van der Waals surface area contributed by atoms with Gasteiger partial charge in [-0.2, -0.15) is 5.10 Å². The lowest BCUT2D eigenvalue weighted by Crippen LogP contribution is -2.49. The van der Waals surface area contributed by atoms with E-state index >= 15 is 9.59 Å². The molecule has 4 aliphatic rings. The maximum absolute atomic E-state index is 15.3. The summed E-state index contributed by atoms with van der Waals surface area (Å²) in [5.41, 5.74) is 2.60. The molecule has 6 atom stereocenters. The minimum atomic E-state index is -1.26. The van der Waals surface area contributed by atoms with Gasteiger partial charge in [-0.3, -0.25) is 28.8 Å². The van der Waals surface area contributed by atoms with E-state index in [2.05, 4.69) is 6.08 Å². The molecule has 3 fully saturated rings. The molecule has 4 heterocycles. The zero-order valence-corrected chi connectivity index (χ0v) is 31.8. The van der Waals surface area contributed by atoms with Gasteiger partial charge < -0.3 is 5.11 Å². The van der Waals surface area contributed by atoms with E-state index in [0.717, 1.165) is 37.0 Å². The number of benzene rings is 4. The van der Waals surface area contributed by atoms with Crippen LogP contribution in [0.2, 0.25) is 5.02 Å². The van der Waals surface area contributed by atoms with Gasteiger partial charge in [-0.15, -0.1) is 11.3 Å². The predicted molar refractivity (Wildman–Crippen MR) is 213 cm³/mol. The first-order chi connectivity index (χ1) is 26.5. The van der Waals surface area contributed by atoms with E-state index in [9.17, 15) is 14.7 Å². The number of amides is 4. The number of nitrogens with zero attached hydrogens (tertiary/aromatic N) is 4. The molecule has 2 aliphatic carbocycles. The highest BCUT2D eigenvalue weighted by molar-refractivity contribution is 7.22. The second-order valence-electron chi connectivity index (χ2n) is 15.4. The molecule has 4 aromatic carbocycles. The number of para-hydroxylation sites is 1. The van der Waals surface area contributed by atoms with Crippen molar-refractivity contribution in [2.45, 2.75) is 32.6 Å². The molecule has 2 saturated heterocycles. The molecule has 4 amide bonds. The highest BCUT2D eigenvalue weighted by Gasteiger charge is 2.68. The highest BCUT2D eigenvalue weighted by Crippen LogP contribution is 2.64. The van der Waals surface area contributed by atoms with Crippen LogP contribution in [0.15, 0.2) is 103 Å². The lowest BCUT2D eigenvalue weighted by Gasteiger charge is -2.49. The first-order valence-corrected chi connectivity index (χ1v) is 19.6. The summed E-state index contributed by atoms with van der Waals surface area (Å²) in [6.45, 7) is 3.90. The van der Waals surface area contributed by atoms with Gasteiger partial charge in [0.25, 0.3) is 0 Å². The summed E-state index contributed by atoms with van der Waals surface area (Å²) in [5.74, 6) is -3.91. The summed E-state index contributed by atoms with van der Waals surface area (Å²) in [7, 11) is 1.74. The van der Waals surface area contributed by atoms with E-state index in [1.165, 1.54) is 9.80 Å². The fourth-order valence-electron chi connectivity index (χ4n) is 10.2. The Kier molecular flexibility index (Phi) is 7.38. The number of hydrogen-bond donors (Lipinski definition) is 1. The molecule has 0 spiro atoms. The number of phenolic OH excluding ortho intramolecular Hbond substituents is 1. The summed E-state index contributed by atoms with van der Waals surface area (Å²) in [6, 6.07) is 27.5. The zero-order chi connectivity index (χ0) is 38.1. The quantitative estimate of drug-likeness (QED) is 0.142. The summed E-state index contributed by atoms with van der Waals surface area (Å²) in [4.78, 5) is 62.3. The van der Waals surface area contributed by atoms with Gasteiger partial charge in [0.1, 0.15) is 17.3 Å². The Bertz CT molecular complexity index is 2720. The number of thiophene rings is 1. The van der Waals surface area contributed by atoms with Crippen LogP contribution in [-0.4, -0.2) is 38.5 Å². The average molecular weight is 767 g/mol. The van der Waals surface area contributed by atoms with Gasteiger partial charge in [0.05, 0.1) is 33.7 Å². The Balaban J connectivity index is 1.12. The molecule has 2 aromatic heterocycles. The van der Waals surface area contributed by atoms with E-state index in [1.54, 1.807) is 59.5 Å². The number of imide groups is 2. The first kappa shape index (κ1) is 33.9. The normalized spacial score (nSPS) is 26.2. The van der Waals surface area contributed by atoms with E-state index in [4.69, 9.17) is 16.7 Å². The van der Waals surface area contributed by atoms with Gasteiger partial charge in [-0.25, -0.2) is 4.90 Å². The lowest BCUT2D eigenvalue weighted by molar-refractivity contribution is -0.131. The van der Waals surface area contributed by atoms with Crippen LogP contribution >= 0.6 is 22.9 Å². The monoisotopic (exact) mass is 766 g/mol. The third-order valence-corrected chi connectivity index (χ3v) is 14.3. The van der Waals surface area contributed by atoms with Gasteiger partial charge in [0.15, 0.2) is 0 Å². The number of aromatic nitrogens is 2. The van der Waals surface area contributed by atoms with Gasteiger partial charge in [0.2, 0.25) is 23.6 Å². The number of halogens is 1. The number of aromatic hydroxyl groups is 1. The number of carbonyl (C=O) groups is 4. The number of rotatable bonds is 4. The van der Waals surface area contributed by atoms with Crippen molar-refractivity contribution in [3.63, 3.8) is 0 Å². The van der Waals surface area contributed by atoms with Crippen molar-refractivity contribution < 1.29 is 24.3 Å². The maximum atomic E-state index is 15.3. The van der Waals surface area contributed by atoms with Crippen molar-refractivity contribution >= 4 is 78.9 Å². The third-order valence-electron chi connectivity index (χ3n) is 12.7. The van der Waals surface area contributed by atoms with Crippen LogP contribution in [0, 0.1) is 36.0 Å². The molecule has 1 saturated carbocycles. The Morgan fingerprint density at radius 1 is 0.836 bits per heavy atom. The zero-order valence-electron chi connectivity index (χ0n) is 30.2. The van der Waals surface area contributed by atoms with Crippen molar-refractivity contribution in [1.82, 2.24) is 9.78 Å². The maximum Gasteiger partial charge on any atom is 0.242 e. The number of hydrogen-bond acceptors (Lipinski definition) is 7. The molecule has 1 N–H and O–H groups in total. The van der Waals surface area contributed by atoms with Crippen LogP contribution in [0.4, 0.5) is 11.5 Å². The highest BCUT2D eigenvalue weighted by atomic mass is 35.5. The van der Waals surface area contributed by atoms with Crippen molar-refractivity contribution in [1.29, 1.82) is 0 Å². The van der Waals surface area contributed by atoms with Crippen molar-refractivity contribution in [3.05, 3.63) is 119 Å². The Labute approximate surface area is 325 Å². The van der Waals surface area contributed by atoms with Crippen molar-refractivity contribution in [2.75, 3.05) is 9.80 Å². The summed E-state index contributed by atoms with van der Waals surface area (Å²) < 4.78 is 2.65. The summed E-state index contributed by atoms with van der Waals surface area (Å²) in [6.07, 6.45) is 2.63. The molecule has 274 valence electrons. The van der Waals surface area contributed by atoms with Crippen molar-refractivity contribution in [2.24, 2.45) is 36.1 Å². The van der Waals surface area contributed by atoms with Gasteiger partial charge in [0, 0.05) is 34.1 Å². The number of fused-ring (bicyclic) bond motifs is 6. The number of carbonyl (C=O) groups excluding carboxylic acids is 4. The van der Waals surface area contributed by atoms with E-state index in [0.29, 0.717) is 34.0 Å². The SMILES string of the molecule is Cc1c(-c2cc(N3C(=O)[C@@H]4C[C@@H]5C(=CC[C@@H]6C(=O)N(c7ccccc7)C(=O)[C@@H]65)[C@H](c5ccc(O)c6ccccc56)[C@]4(C)C3=O)n(C)n2)sc2ccc(Cl)cc12. The fourth-order valence-corrected chi connectivity index (χ4v) is 11.5. The number of anilines is 2. The summed E-state index contributed by atoms with van der Waals surface area (Å²) >= 11 is 7.91. The number of aryl methyl sites for hydroxylation is 2. The van der Waals surface area contributed by atoms with Crippen LogP contribution in [-0.2, 0) is 26.2 Å². The Morgan fingerprint density at radius 3 is 2.36 bits per heavy atom. The van der Waals surface area contributed by atoms with Crippen LogP contribution < -0.4 is 9.80 Å². The second-order valence-corrected chi connectivity index (χ2v) is 16.9. The van der Waals surface area contributed by atoms with Crippen molar-refractivity contribution in [3.8, 4) is 16.3 Å². The number of phenols is 1. The molecule has 6 aromatic rings. The van der Waals surface area contributed by atoms with Crippen LogP contribution in [0.3, 0.4) is 0 Å². The molecule has 0 bridgehead atoms. The van der Waals surface area contributed by atoms with Gasteiger partial charge in [-0.1, -0.05) is 71.8 Å². The second kappa shape index (κ2) is 12.0. The molecular formula is C44H35ClN4O5S.